The van der Waals surface area contributed by atoms with Crippen LogP contribution in [0, 0.1) is 0 Å². The van der Waals surface area contributed by atoms with Crippen LogP contribution in [0.4, 0.5) is 0 Å². The molecule has 1 atom stereocenters. The Bertz CT molecular complexity index is 488. The molecule has 0 bridgehead atoms. The molecule has 1 aliphatic rings. The summed E-state index contributed by atoms with van der Waals surface area (Å²) >= 11 is 1.29. The van der Waals surface area contributed by atoms with Crippen molar-refractivity contribution in [3.8, 4) is 0 Å². The number of carboxylic acid groups (broad SMARTS) is 1. The molecule has 0 amide bonds. The number of aromatic nitrogens is 2. The van der Waals surface area contributed by atoms with Gasteiger partial charge in [0.15, 0.2) is 5.16 Å². The van der Waals surface area contributed by atoms with Crippen molar-refractivity contribution < 1.29 is 14.6 Å². The number of aliphatic carboxylic acids is 1. The Kier molecular flexibility index (Phi) is 5.32. The lowest BCUT2D eigenvalue weighted by Gasteiger charge is -2.22. The van der Waals surface area contributed by atoms with E-state index in [4.69, 9.17) is 9.84 Å². The first kappa shape index (κ1) is 16.4. The second-order valence-corrected chi connectivity index (χ2v) is 7.38. The number of hydrogen-bond donors (Lipinski definition) is 1. The average molecular weight is 312 g/mol. The second kappa shape index (κ2) is 6.83. The van der Waals surface area contributed by atoms with Crippen molar-refractivity contribution in [3.63, 3.8) is 0 Å². The van der Waals surface area contributed by atoms with Crippen molar-refractivity contribution in [2.75, 3.05) is 12.4 Å². The fraction of sp³-hybridized carbons (Fsp3) is 0.733. The third-order valence-electron chi connectivity index (χ3n) is 3.61. The first-order valence-electron chi connectivity index (χ1n) is 7.40. The summed E-state index contributed by atoms with van der Waals surface area (Å²) < 4.78 is 7.84. The van der Waals surface area contributed by atoms with Gasteiger partial charge in [0, 0.05) is 30.5 Å². The zero-order chi connectivity index (χ0) is 15.5. The van der Waals surface area contributed by atoms with E-state index in [1.54, 1.807) is 0 Å². The van der Waals surface area contributed by atoms with E-state index in [2.05, 4.69) is 30.3 Å². The molecule has 1 saturated heterocycles. The lowest BCUT2D eigenvalue weighted by atomic mass is 9.92. The third kappa shape index (κ3) is 4.48. The smallest absolute Gasteiger partial charge is 0.313 e. The molecule has 2 heterocycles. The maximum atomic E-state index is 10.8. The van der Waals surface area contributed by atoms with Crippen LogP contribution in [0.1, 0.15) is 45.7 Å². The minimum atomic E-state index is -0.814. The Labute approximate surface area is 130 Å². The molecule has 0 saturated carbocycles. The Morgan fingerprint density at radius 2 is 2.33 bits per heavy atom. The molecule has 1 aromatic rings. The zero-order valence-electron chi connectivity index (χ0n) is 13.0. The number of nitrogens with zero attached hydrogens (tertiary/aromatic N) is 2. The lowest BCUT2D eigenvalue weighted by Crippen LogP contribution is -2.20. The molecule has 0 radical (unpaired) electrons. The van der Waals surface area contributed by atoms with Crippen LogP contribution in [0.2, 0.25) is 0 Å². The van der Waals surface area contributed by atoms with Crippen molar-refractivity contribution in [2.45, 2.75) is 63.3 Å². The Morgan fingerprint density at radius 3 is 2.90 bits per heavy atom. The summed E-state index contributed by atoms with van der Waals surface area (Å²) in [6.45, 7) is 8.15. The van der Waals surface area contributed by atoms with Crippen LogP contribution in [0.3, 0.4) is 0 Å². The van der Waals surface area contributed by atoms with Crippen molar-refractivity contribution in [3.05, 3.63) is 11.9 Å². The number of hydrogen-bond acceptors (Lipinski definition) is 4. The van der Waals surface area contributed by atoms with Gasteiger partial charge in [-0.05, 0) is 19.3 Å². The van der Waals surface area contributed by atoms with E-state index < -0.39 is 5.97 Å². The van der Waals surface area contributed by atoms with E-state index in [0.29, 0.717) is 6.10 Å². The van der Waals surface area contributed by atoms with Crippen LogP contribution >= 0.6 is 11.8 Å². The van der Waals surface area contributed by atoms with Gasteiger partial charge in [-0.15, -0.1) is 0 Å². The van der Waals surface area contributed by atoms with Crippen LogP contribution in [0.5, 0.6) is 0 Å². The number of carbonyl (C=O) groups is 1. The van der Waals surface area contributed by atoms with Crippen molar-refractivity contribution in [1.29, 1.82) is 0 Å². The molecule has 1 unspecified atom stereocenters. The Morgan fingerprint density at radius 1 is 1.57 bits per heavy atom. The highest BCUT2D eigenvalue weighted by Gasteiger charge is 2.23. The Hall–Kier alpha value is -1.01. The molecular formula is C15H24N2O3S. The van der Waals surface area contributed by atoms with Crippen LogP contribution in [-0.4, -0.2) is 39.1 Å². The quantitative estimate of drug-likeness (QED) is 0.818. The maximum Gasteiger partial charge on any atom is 0.313 e. The molecule has 1 fully saturated rings. The predicted molar refractivity (Wildman–Crippen MR) is 82.9 cm³/mol. The molecule has 0 aliphatic carbocycles. The van der Waals surface area contributed by atoms with Gasteiger partial charge in [0.2, 0.25) is 0 Å². The zero-order valence-corrected chi connectivity index (χ0v) is 13.8. The van der Waals surface area contributed by atoms with Gasteiger partial charge in [-0.1, -0.05) is 32.5 Å². The summed E-state index contributed by atoms with van der Waals surface area (Å²) in [6.07, 6.45) is 5.43. The van der Waals surface area contributed by atoms with Gasteiger partial charge in [-0.25, -0.2) is 4.98 Å². The number of ether oxygens (including phenoxy) is 1. The van der Waals surface area contributed by atoms with Crippen molar-refractivity contribution in [1.82, 2.24) is 9.55 Å². The summed E-state index contributed by atoms with van der Waals surface area (Å²) in [5.41, 5.74) is 1.14. The van der Waals surface area contributed by atoms with Crippen LogP contribution in [0.15, 0.2) is 11.4 Å². The monoisotopic (exact) mass is 312 g/mol. The highest BCUT2D eigenvalue weighted by atomic mass is 32.2. The van der Waals surface area contributed by atoms with E-state index in [1.165, 1.54) is 11.8 Å². The van der Waals surface area contributed by atoms with Crippen molar-refractivity contribution >= 4 is 17.7 Å². The topological polar surface area (TPSA) is 64.3 Å². The van der Waals surface area contributed by atoms with Crippen LogP contribution < -0.4 is 0 Å². The molecule has 1 aliphatic heterocycles. The molecule has 0 spiro atoms. The normalized spacial score (nSPS) is 19.1. The highest BCUT2D eigenvalue weighted by molar-refractivity contribution is 7.99. The number of rotatable bonds is 6. The summed E-state index contributed by atoms with van der Waals surface area (Å²) in [5.74, 6) is -0.772. The minimum absolute atomic E-state index is 0.00837. The van der Waals surface area contributed by atoms with E-state index in [-0.39, 0.29) is 11.2 Å². The highest BCUT2D eigenvalue weighted by Crippen LogP contribution is 2.28. The molecule has 21 heavy (non-hydrogen) atoms. The summed E-state index contributed by atoms with van der Waals surface area (Å²) in [5, 5.41) is 9.65. The van der Waals surface area contributed by atoms with Crippen LogP contribution in [-0.2, 0) is 21.5 Å². The number of carboxylic acids is 1. The summed E-state index contributed by atoms with van der Waals surface area (Å²) in [4.78, 5) is 15.2. The van der Waals surface area contributed by atoms with Crippen molar-refractivity contribution in [2.24, 2.45) is 0 Å². The second-order valence-electron chi connectivity index (χ2n) is 6.43. The van der Waals surface area contributed by atoms with Gasteiger partial charge < -0.3 is 14.4 Å². The fourth-order valence-electron chi connectivity index (χ4n) is 2.56. The minimum Gasteiger partial charge on any atom is -0.481 e. The number of imidazole rings is 1. The average Bonchev–Trinajstić information content (AvgIpc) is 3.02. The molecule has 6 heteroatoms. The summed E-state index contributed by atoms with van der Waals surface area (Å²) in [7, 11) is 0. The van der Waals surface area contributed by atoms with Gasteiger partial charge in [-0.3, -0.25) is 4.79 Å². The third-order valence-corrected chi connectivity index (χ3v) is 4.59. The van der Waals surface area contributed by atoms with Gasteiger partial charge in [0.1, 0.15) is 0 Å². The van der Waals surface area contributed by atoms with Crippen LogP contribution in [0.25, 0.3) is 0 Å². The predicted octanol–water partition coefficient (Wildman–Crippen LogP) is 2.93. The van der Waals surface area contributed by atoms with E-state index in [1.807, 2.05) is 6.20 Å². The first-order valence-corrected chi connectivity index (χ1v) is 8.38. The lowest BCUT2D eigenvalue weighted by molar-refractivity contribution is -0.133. The van der Waals surface area contributed by atoms with E-state index in [9.17, 15) is 4.79 Å². The largest absolute Gasteiger partial charge is 0.481 e. The standard InChI is InChI=1S/C15H24N2O3S/c1-15(2,3)12-9-16-14(21-10-13(18)19)17(12)7-6-11-5-4-8-20-11/h9,11H,4-8,10H2,1-3H3,(H,18,19). The molecule has 118 valence electrons. The van der Waals surface area contributed by atoms with Gasteiger partial charge >= 0.3 is 5.97 Å². The SMILES string of the molecule is CC(C)(C)c1cnc(SCC(=O)O)n1CCC1CCCO1. The van der Waals surface area contributed by atoms with E-state index in [0.717, 1.165) is 43.3 Å². The Balaban J connectivity index is 2.12. The molecule has 1 aromatic heterocycles. The first-order chi connectivity index (χ1) is 9.88. The molecule has 5 nitrogen and oxygen atoms in total. The fourth-order valence-corrected chi connectivity index (χ4v) is 3.29. The molecule has 0 aromatic carbocycles. The molecule has 1 N–H and O–H groups in total. The maximum absolute atomic E-state index is 10.8. The van der Waals surface area contributed by atoms with Gasteiger partial charge in [0.05, 0.1) is 11.9 Å². The van der Waals surface area contributed by atoms with Gasteiger partial charge in [0.25, 0.3) is 0 Å². The number of thioether (sulfide) groups is 1. The van der Waals surface area contributed by atoms with E-state index >= 15 is 0 Å². The van der Waals surface area contributed by atoms with Gasteiger partial charge in [-0.2, -0.15) is 0 Å². The molecule has 2 rings (SSSR count). The molecular weight excluding hydrogens is 288 g/mol. The summed E-state index contributed by atoms with van der Waals surface area (Å²) in [6, 6.07) is 0.